The topological polar surface area (TPSA) is 46.5 Å². The summed E-state index contributed by atoms with van der Waals surface area (Å²) in [5.74, 6) is -2.25. The summed E-state index contributed by atoms with van der Waals surface area (Å²) in [6, 6.07) is 1.47. The fourth-order valence-corrected chi connectivity index (χ4v) is 2.62. The van der Waals surface area contributed by atoms with Crippen LogP contribution in [-0.2, 0) is 0 Å². The molecule has 0 saturated heterocycles. The van der Waals surface area contributed by atoms with E-state index >= 15 is 0 Å². The quantitative estimate of drug-likeness (QED) is 0.790. The second-order valence-electron chi connectivity index (χ2n) is 3.37. The fraction of sp³-hybridized carbons (Fsp3) is 0.364. The maximum Gasteiger partial charge on any atom is 0.339 e. The number of unbranched alkanes of at least 4 members (excludes halogenated alkanes) is 1. The summed E-state index contributed by atoms with van der Waals surface area (Å²) in [5.41, 5.74) is -0.417. The molecule has 0 spiro atoms. The molecule has 0 radical (unpaired) electrons. The number of benzene rings is 1. The average Bonchev–Trinajstić information content (AvgIpc) is 2.21. The molecule has 6 heteroatoms. The van der Waals surface area contributed by atoms with E-state index in [1.165, 1.54) is 6.07 Å². The molecule has 1 rings (SSSR count). The second-order valence-corrected chi connectivity index (χ2v) is 5.07. The Balaban J connectivity index is 3.12. The van der Waals surface area contributed by atoms with E-state index in [4.69, 9.17) is 9.84 Å². The number of carboxylic acids is 1. The van der Waals surface area contributed by atoms with Gasteiger partial charge in [-0.15, -0.1) is 0 Å². The first-order valence-corrected chi connectivity index (χ1v) is 6.61. The van der Waals surface area contributed by atoms with Crippen molar-refractivity contribution in [1.29, 1.82) is 0 Å². The third kappa shape index (κ3) is 3.42. The molecular formula is C11H11Br2FO3. The summed E-state index contributed by atoms with van der Waals surface area (Å²) in [4.78, 5) is 10.9. The standard InChI is InChI=1S/C11H11Br2FO3/c1-2-3-4-17-10-7(13)5-6(12)8(9(10)14)11(15)16/h5H,2-4H2,1H3,(H,15,16). The molecule has 0 saturated carbocycles. The number of hydrogen-bond donors (Lipinski definition) is 1. The lowest BCUT2D eigenvalue weighted by molar-refractivity contribution is 0.0689. The van der Waals surface area contributed by atoms with Crippen molar-refractivity contribution in [1.82, 2.24) is 0 Å². The molecule has 94 valence electrons. The maximum absolute atomic E-state index is 13.9. The lowest BCUT2D eigenvalue weighted by Crippen LogP contribution is -2.07. The van der Waals surface area contributed by atoms with E-state index < -0.39 is 17.3 Å². The van der Waals surface area contributed by atoms with Crippen LogP contribution >= 0.6 is 31.9 Å². The Kier molecular flexibility index (Phi) is 5.39. The highest BCUT2D eigenvalue weighted by Crippen LogP contribution is 2.35. The largest absolute Gasteiger partial charge is 0.489 e. The molecule has 0 aromatic heterocycles. The van der Waals surface area contributed by atoms with Gasteiger partial charge in [-0.25, -0.2) is 9.18 Å². The number of ether oxygens (including phenoxy) is 1. The Morgan fingerprint density at radius 2 is 2.12 bits per heavy atom. The predicted octanol–water partition coefficient (Wildman–Crippen LogP) is 4.23. The zero-order chi connectivity index (χ0) is 13.0. The molecule has 1 aromatic carbocycles. The van der Waals surface area contributed by atoms with Gasteiger partial charge < -0.3 is 9.84 Å². The van der Waals surface area contributed by atoms with E-state index in [0.29, 0.717) is 11.1 Å². The summed E-state index contributed by atoms with van der Waals surface area (Å²) >= 11 is 6.15. The minimum Gasteiger partial charge on any atom is -0.489 e. The number of halogens is 3. The first-order chi connectivity index (χ1) is 7.99. The second kappa shape index (κ2) is 6.35. The molecule has 0 fully saturated rings. The van der Waals surface area contributed by atoms with E-state index in [2.05, 4.69) is 31.9 Å². The summed E-state index contributed by atoms with van der Waals surface area (Å²) in [6.45, 7) is 2.34. The van der Waals surface area contributed by atoms with E-state index in [1.54, 1.807) is 0 Å². The third-order valence-electron chi connectivity index (χ3n) is 2.09. The van der Waals surface area contributed by atoms with Crippen LogP contribution in [0.1, 0.15) is 30.1 Å². The molecule has 3 nitrogen and oxygen atoms in total. The van der Waals surface area contributed by atoms with Crippen LogP contribution in [0.2, 0.25) is 0 Å². The molecule has 0 aliphatic carbocycles. The lowest BCUT2D eigenvalue weighted by Gasteiger charge is -2.11. The van der Waals surface area contributed by atoms with Crippen molar-refractivity contribution in [3.8, 4) is 5.75 Å². The highest BCUT2D eigenvalue weighted by molar-refractivity contribution is 9.11. The van der Waals surface area contributed by atoms with Crippen LogP contribution in [0.25, 0.3) is 0 Å². The van der Waals surface area contributed by atoms with Gasteiger partial charge in [-0.05, 0) is 44.3 Å². The van der Waals surface area contributed by atoms with Gasteiger partial charge in [-0.2, -0.15) is 0 Å². The van der Waals surface area contributed by atoms with Gasteiger partial charge in [0.25, 0.3) is 0 Å². The first kappa shape index (κ1) is 14.4. The highest BCUT2D eigenvalue weighted by atomic mass is 79.9. The average molecular weight is 370 g/mol. The van der Waals surface area contributed by atoms with Crippen LogP contribution in [0.4, 0.5) is 4.39 Å². The molecule has 0 heterocycles. The van der Waals surface area contributed by atoms with E-state index in [9.17, 15) is 9.18 Å². The van der Waals surface area contributed by atoms with Gasteiger partial charge in [0.15, 0.2) is 11.6 Å². The zero-order valence-electron chi connectivity index (χ0n) is 9.10. The predicted molar refractivity (Wildman–Crippen MR) is 69.2 cm³/mol. The van der Waals surface area contributed by atoms with Gasteiger partial charge >= 0.3 is 5.97 Å². The molecule has 0 unspecified atom stereocenters. The first-order valence-electron chi connectivity index (χ1n) is 5.02. The van der Waals surface area contributed by atoms with Crippen LogP contribution in [0.5, 0.6) is 5.75 Å². The minimum atomic E-state index is -1.33. The van der Waals surface area contributed by atoms with Crippen LogP contribution < -0.4 is 4.74 Å². The van der Waals surface area contributed by atoms with Crippen molar-refractivity contribution in [3.05, 3.63) is 26.4 Å². The van der Waals surface area contributed by atoms with E-state index in [-0.39, 0.29) is 10.2 Å². The van der Waals surface area contributed by atoms with Crippen LogP contribution in [-0.4, -0.2) is 17.7 Å². The van der Waals surface area contributed by atoms with Crippen LogP contribution in [0.15, 0.2) is 15.0 Å². The van der Waals surface area contributed by atoms with E-state index in [1.807, 2.05) is 6.92 Å². The Morgan fingerprint density at radius 3 is 2.65 bits per heavy atom. The van der Waals surface area contributed by atoms with Crippen molar-refractivity contribution in [2.45, 2.75) is 19.8 Å². The fourth-order valence-electron chi connectivity index (χ4n) is 1.22. The Hall–Kier alpha value is -0.620. The third-order valence-corrected chi connectivity index (χ3v) is 3.30. The molecule has 0 bridgehead atoms. The lowest BCUT2D eigenvalue weighted by atomic mass is 10.2. The van der Waals surface area contributed by atoms with Gasteiger partial charge in [0.1, 0.15) is 5.56 Å². The van der Waals surface area contributed by atoms with Crippen molar-refractivity contribution in [2.24, 2.45) is 0 Å². The summed E-state index contributed by atoms with van der Waals surface area (Å²) < 4.78 is 19.7. The van der Waals surface area contributed by atoms with E-state index in [0.717, 1.165) is 12.8 Å². The smallest absolute Gasteiger partial charge is 0.339 e. The van der Waals surface area contributed by atoms with Crippen molar-refractivity contribution in [3.63, 3.8) is 0 Å². The minimum absolute atomic E-state index is 0.0564. The number of hydrogen-bond acceptors (Lipinski definition) is 2. The molecule has 0 amide bonds. The zero-order valence-corrected chi connectivity index (χ0v) is 12.3. The number of rotatable bonds is 5. The van der Waals surface area contributed by atoms with Gasteiger partial charge in [0.2, 0.25) is 0 Å². The number of aromatic carboxylic acids is 1. The molecule has 17 heavy (non-hydrogen) atoms. The van der Waals surface area contributed by atoms with Gasteiger partial charge in [-0.1, -0.05) is 13.3 Å². The molecule has 1 N–H and O–H groups in total. The highest BCUT2D eigenvalue weighted by Gasteiger charge is 2.22. The van der Waals surface area contributed by atoms with Crippen molar-refractivity contribution < 1.29 is 19.0 Å². The summed E-state index contributed by atoms with van der Waals surface area (Å²) in [7, 11) is 0. The maximum atomic E-state index is 13.9. The van der Waals surface area contributed by atoms with Crippen LogP contribution in [0, 0.1) is 5.82 Å². The number of carboxylic acid groups (broad SMARTS) is 1. The van der Waals surface area contributed by atoms with Crippen LogP contribution in [0.3, 0.4) is 0 Å². The molecule has 0 aliphatic heterocycles. The Morgan fingerprint density at radius 1 is 1.47 bits per heavy atom. The Bertz CT molecular complexity index is 435. The van der Waals surface area contributed by atoms with Gasteiger partial charge in [0, 0.05) is 4.47 Å². The SMILES string of the molecule is CCCCOc1c(Br)cc(Br)c(C(=O)O)c1F. The Labute approximate surface area is 115 Å². The summed E-state index contributed by atoms with van der Waals surface area (Å²) in [5, 5.41) is 8.89. The monoisotopic (exact) mass is 368 g/mol. The summed E-state index contributed by atoms with van der Waals surface area (Å²) in [6.07, 6.45) is 1.70. The van der Waals surface area contributed by atoms with Crippen molar-refractivity contribution >= 4 is 37.8 Å². The van der Waals surface area contributed by atoms with Gasteiger partial charge in [-0.3, -0.25) is 0 Å². The molecule has 0 atom stereocenters. The number of carbonyl (C=O) groups is 1. The molecular weight excluding hydrogens is 359 g/mol. The molecule has 1 aromatic rings. The van der Waals surface area contributed by atoms with Crippen molar-refractivity contribution in [2.75, 3.05) is 6.61 Å². The normalized spacial score (nSPS) is 10.4. The molecule has 0 aliphatic rings. The van der Waals surface area contributed by atoms with Gasteiger partial charge in [0.05, 0.1) is 11.1 Å².